The molecule has 4 nitrogen and oxygen atoms in total. The molecule has 0 aliphatic heterocycles. The first-order valence-electron chi connectivity index (χ1n) is 5.39. The van der Waals surface area contributed by atoms with E-state index in [9.17, 15) is 4.39 Å². The number of hydrogen-bond donors (Lipinski definition) is 1. The van der Waals surface area contributed by atoms with Crippen LogP contribution in [-0.2, 0) is 0 Å². The van der Waals surface area contributed by atoms with Gasteiger partial charge in [-0.2, -0.15) is 9.37 Å². The summed E-state index contributed by atoms with van der Waals surface area (Å²) in [7, 11) is 0. The van der Waals surface area contributed by atoms with E-state index in [1.54, 1.807) is 12.1 Å². The SMILES string of the molecule is CCNc1ncc(F)c(Oc2cccc(I)c2)n1. The maximum Gasteiger partial charge on any atom is 0.260 e. The van der Waals surface area contributed by atoms with Crippen molar-refractivity contribution in [2.45, 2.75) is 6.92 Å². The molecule has 0 spiro atoms. The van der Waals surface area contributed by atoms with Crippen molar-refractivity contribution in [1.29, 1.82) is 0 Å². The second-order valence-electron chi connectivity index (χ2n) is 3.44. The van der Waals surface area contributed by atoms with E-state index in [1.807, 2.05) is 19.1 Å². The van der Waals surface area contributed by atoms with E-state index in [1.165, 1.54) is 0 Å². The smallest absolute Gasteiger partial charge is 0.260 e. The van der Waals surface area contributed by atoms with Crippen LogP contribution in [0.3, 0.4) is 0 Å². The van der Waals surface area contributed by atoms with Gasteiger partial charge in [0.1, 0.15) is 5.75 Å². The molecule has 6 heteroatoms. The molecule has 0 aliphatic rings. The Morgan fingerprint density at radius 3 is 3.00 bits per heavy atom. The summed E-state index contributed by atoms with van der Waals surface area (Å²) in [5, 5.41) is 2.90. The molecule has 94 valence electrons. The number of nitrogens with one attached hydrogen (secondary N) is 1. The van der Waals surface area contributed by atoms with Crippen LogP contribution in [0.25, 0.3) is 0 Å². The van der Waals surface area contributed by atoms with Gasteiger partial charge >= 0.3 is 0 Å². The molecule has 2 rings (SSSR count). The van der Waals surface area contributed by atoms with Gasteiger partial charge in [0, 0.05) is 10.1 Å². The molecule has 1 N–H and O–H groups in total. The van der Waals surface area contributed by atoms with E-state index in [2.05, 4.69) is 37.9 Å². The van der Waals surface area contributed by atoms with Crippen molar-refractivity contribution in [2.75, 3.05) is 11.9 Å². The van der Waals surface area contributed by atoms with Crippen molar-refractivity contribution in [3.63, 3.8) is 0 Å². The Morgan fingerprint density at radius 2 is 2.28 bits per heavy atom. The molecular weight excluding hydrogens is 348 g/mol. The largest absolute Gasteiger partial charge is 0.436 e. The minimum atomic E-state index is -0.587. The lowest BCUT2D eigenvalue weighted by atomic mass is 10.3. The maximum absolute atomic E-state index is 13.5. The van der Waals surface area contributed by atoms with Crippen LogP contribution in [0.4, 0.5) is 10.3 Å². The van der Waals surface area contributed by atoms with Gasteiger partial charge < -0.3 is 10.1 Å². The Bertz CT molecular complexity index is 551. The quantitative estimate of drug-likeness (QED) is 0.850. The van der Waals surface area contributed by atoms with Crippen LogP contribution in [0.1, 0.15) is 6.92 Å². The van der Waals surface area contributed by atoms with Crippen molar-refractivity contribution in [3.8, 4) is 11.6 Å². The zero-order chi connectivity index (χ0) is 13.0. The zero-order valence-corrected chi connectivity index (χ0v) is 11.8. The van der Waals surface area contributed by atoms with Gasteiger partial charge in [-0.3, -0.25) is 0 Å². The molecular formula is C12H11FIN3O. The third-order valence-corrected chi connectivity index (χ3v) is 2.73. The number of benzene rings is 1. The van der Waals surface area contributed by atoms with Gasteiger partial charge in [-0.1, -0.05) is 6.07 Å². The minimum Gasteiger partial charge on any atom is -0.436 e. The highest BCUT2D eigenvalue weighted by Gasteiger charge is 2.09. The first kappa shape index (κ1) is 13.0. The summed E-state index contributed by atoms with van der Waals surface area (Å²) in [6, 6.07) is 7.31. The average molecular weight is 359 g/mol. The predicted octanol–water partition coefficient (Wildman–Crippen LogP) is 3.44. The first-order chi connectivity index (χ1) is 8.69. The highest BCUT2D eigenvalue weighted by Crippen LogP contribution is 2.24. The average Bonchev–Trinajstić information content (AvgIpc) is 2.34. The zero-order valence-electron chi connectivity index (χ0n) is 9.65. The van der Waals surface area contributed by atoms with E-state index in [4.69, 9.17) is 4.74 Å². The molecule has 0 saturated heterocycles. The Balaban J connectivity index is 2.25. The summed E-state index contributed by atoms with van der Waals surface area (Å²) in [6.07, 6.45) is 1.09. The molecule has 0 aliphatic carbocycles. The first-order valence-corrected chi connectivity index (χ1v) is 6.46. The lowest BCUT2D eigenvalue weighted by Crippen LogP contribution is -2.04. The van der Waals surface area contributed by atoms with Crippen LogP contribution in [0.2, 0.25) is 0 Å². The Morgan fingerprint density at radius 1 is 1.44 bits per heavy atom. The van der Waals surface area contributed by atoms with Gasteiger partial charge in [0.25, 0.3) is 5.88 Å². The molecule has 0 atom stereocenters. The lowest BCUT2D eigenvalue weighted by Gasteiger charge is -2.07. The standard InChI is InChI=1S/C12H11FIN3O/c1-2-15-12-16-7-10(13)11(17-12)18-9-5-3-4-8(14)6-9/h3-7H,2H2,1H3,(H,15,16,17). The molecule has 18 heavy (non-hydrogen) atoms. The monoisotopic (exact) mass is 359 g/mol. The molecule has 0 unspecified atom stereocenters. The number of aromatic nitrogens is 2. The second-order valence-corrected chi connectivity index (χ2v) is 4.68. The molecule has 0 amide bonds. The highest BCUT2D eigenvalue weighted by atomic mass is 127. The summed E-state index contributed by atoms with van der Waals surface area (Å²) in [5.74, 6) is 0.222. The van der Waals surface area contributed by atoms with E-state index in [-0.39, 0.29) is 5.88 Å². The van der Waals surface area contributed by atoms with Crippen LogP contribution in [0.15, 0.2) is 30.5 Å². The van der Waals surface area contributed by atoms with Gasteiger partial charge in [-0.25, -0.2) is 4.98 Å². The number of halogens is 2. The van der Waals surface area contributed by atoms with Crippen LogP contribution in [0.5, 0.6) is 11.6 Å². The van der Waals surface area contributed by atoms with Gasteiger partial charge in [-0.15, -0.1) is 0 Å². The maximum atomic E-state index is 13.5. The van der Waals surface area contributed by atoms with Crippen LogP contribution in [-0.4, -0.2) is 16.5 Å². The fourth-order valence-corrected chi connectivity index (χ4v) is 1.82. The summed E-state index contributed by atoms with van der Waals surface area (Å²) in [5.41, 5.74) is 0. The van der Waals surface area contributed by atoms with E-state index in [0.717, 1.165) is 9.77 Å². The molecule has 1 aromatic heterocycles. The number of nitrogens with zero attached hydrogens (tertiary/aromatic N) is 2. The third kappa shape index (κ3) is 3.28. The van der Waals surface area contributed by atoms with Crippen molar-refractivity contribution in [2.24, 2.45) is 0 Å². The number of anilines is 1. The van der Waals surface area contributed by atoms with Crippen molar-refractivity contribution >= 4 is 28.5 Å². The predicted molar refractivity (Wildman–Crippen MR) is 75.4 cm³/mol. The Labute approximate surface area is 118 Å². The van der Waals surface area contributed by atoms with Crippen LogP contribution >= 0.6 is 22.6 Å². The molecule has 0 saturated carbocycles. The fraction of sp³-hybridized carbons (Fsp3) is 0.167. The topological polar surface area (TPSA) is 47.0 Å². The van der Waals surface area contributed by atoms with Crippen molar-refractivity contribution in [1.82, 2.24) is 9.97 Å². The third-order valence-electron chi connectivity index (χ3n) is 2.06. The summed E-state index contributed by atoms with van der Waals surface area (Å²) in [4.78, 5) is 7.77. The van der Waals surface area contributed by atoms with Gasteiger partial charge in [0.05, 0.1) is 6.20 Å². The van der Waals surface area contributed by atoms with E-state index >= 15 is 0 Å². The molecule has 2 aromatic rings. The molecule has 1 aromatic carbocycles. The van der Waals surface area contributed by atoms with Crippen LogP contribution in [0, 0.1) is 9.39 Å². The van der Waals surface area contributed by atoms with Gasteiger partial charge in [0.2, 0.25) is 11.8 Å². The molecule has 0 fully saturated rings. The lowest BCUT2D eigenvalue weighted by molar-refractivity contribution is 0.420. The summed E-state index contributed by atoms with van der Waals surface area (Å²) < 4.78 is 19.9. The fourth-order valence-electron chi connectivity index (χ4n) is 1.31. The molecule has 0 radical (unpaired) electrons. The Hall–Kier alpha value is -1.44. The van der Waals surface area contributed by atoms with E-state index < -0.39 is 5.82 Å². The number of ether oxygens (including phenoxy) is 1. The van der Waals surface area contributed by atoms with Gasteiger partial charge in [-0.05, 0) is 47.7 Å². The normalized spacial score (nSPS) is 10.2. The van der Waals surface area contributed by atoms with Crippen molar-refractivity contribution < 1.29 is 9.13 Å². The highest BCUT2D eigenvalue weighted by molar-refractivity contribution is 14.1. The van der Waals surface area contributed by atoms with Crippen LogP contribution < -0.4 is 10.1 Å². The minimum absolute atomic E-state index is 0.0806. The summed E-state index contributed by atoms with van der Waals surface area (Å²) in [6.45, 7) is 2.57. The van der Waals surface area contributed by atoms with E-state index in [0.29, 0.717) is 18.2 Å². The Kier molecular flexibility index (Phi) is 4.29. The molecule has 1 heterocycles. The summed E-state index contributed by atoms with van der Waals surface area (Å²) >= 11 is 2.16. The number of hydrogen-bond acceptors (Lipinski definition) is 4. The number of rotatable bonds is 4. The second kappa shape index (κ2) is 5.94. The van der Waals surface area contributed by atoms with Crippen molar-refractivity contribution in [3.05, 3.63) is 39.8 Å². The van der Waals surface area contributed by atoms with Gasteiger partial charge in [0.15, 0.2) is 0 Å². The molecule has 0 bridgehead atoms.